The molecule has 0 atom stereocenters. The third kappa shape index (κ3) is 3.60. The van der Waals surface area contributed by atoms with E-state index in [2.05, 4.69) is 31.6 Å². The van der Waals surface area contributed by atoms with E-state index < -0.39 is 5.82 Å². The summed E-state index contributed by atoms with van der Waals surface area (Å²) in [6.45, 7) is 2.24. The molecule has 0 fully saturated rings. The highest BCUT2D eigenvalue weighted by atomic mass is 79.9. The average Bonchev–Trinajstić information content (AvgIpc) is 2.86. The van der Waals surface area contributed by atoms with Crippen LogP contribution in [0.4, 0.5) is 10.1 Å². The van der Waals surface area contributed by atoms with Crippen molar-refractivity contribution >= 4 is 27.5 Å². The van der Waals surface area contributed by atoms with E-state index in [1.165, 1.54) is 6.07 Å². The molecule has 0 saturated carbocycles. The summed E-state index contributed by atoms with van der Waals surface area (Å²) < 4.78 is 15.3. The van der Waals surface area contributed by atoms with E-state index >= 15 is 0 Å². The van der Waals surface area contributed by atoms with E-state index in [0.717, 1.165) is 5.56 Å². The van der Waals surface area contributed by atoms with Crippen molar-refractivity contribution in [3.63, 3.8) is 0 Å². The quantitative estimate of drug-likeness (QED) is 0.939. The van der Waals surface area contributed by atoms with E-state index in [4.69, 9.17) is 0 Å². The summed E-state index contributed by atoms with van der Waals surface area (Å²) in [5, 5.41) is 10.1. The van der Waals surface area contributed by atoms with Crippen LogP contribution >= 0.6 is 15.9 Å². The van der Waals surface area contributed by atoms with Gasteiger partial charge in [0.25, 0.3) is 0 Å². The minimum atomic E-state index is -0.405. The number of rotatable bonds is 4. The lowest BCUT2D eigenvalue weighted by atomic mass is 10.2. The Balaban J connectivity index is 1.97. The van der Waals surface area contributed by atoms with Gasteiger partial charge in [-0.15, -0.1) is 5.10 Å². The van der Waals surface area contributed by atoms with Gasteiger partial charge in [-0.25, -0.2) is 4.39 Å². The van der Waals surface area contributed by atoms with E-state index in [1.54, 1.807) is 30.1 Å². The number of carbonyl (C=O) groups is 1. The fourth-order valence-electron chi connectivity index (χ4n) is 1.56. The molecule has 1 amide bonds. The van der Waals surface area contributed by atoms with Crippen LogP contribution < -0.4 is 5.32 Å². The van der Waals surface area contributed by atoms with E-state index in [-0.39, 0.29) is 12.3 Å². The normalized spacial score (nSPS) is 10.5. The first-order chi connectivity index (χ1) is 9.06. The molecule has 5 nitrogen and oxygen atoms in total. The molecule has 0 bridgehead atoms. The molecule has 0 aliphatic rings. The molecule has 0 aliphatic carbocycles. The summed E-state index contributed by atoms with van der Waals surface area (Å²) in [7, 11) is 0. The number of nitrogens with zero attached hydrogens (tertiary/aromatic N) is 3. The number of amides is 1. The van der Waals surface area contributed by atoms with Crippen LogP contribution in [0.3, 0.4) is 0 Å². The molecule has 1 aromatic carbocycles. The van der Waals surface area contributed by atoms with E-state index in [1.807, 2.05) is 0 Å². The average molecular weight is 327 g/mol. The van der Waals surface area contributed by atoms with Gasteiger partial charge in [-0.1, -0.05) is 5.21 Å². The van der Waals surface area contributed by atoms with E-state index in [0.29, 0.717) is 16.7 Å². The first-order valence-electron chi connectivity index (χ1n) is 5.66. The Morgan fingerprint density at radius 3 is 3.00 bits per heavy atom. The van der Waals surface area contributed by atoms with Gasteiger partial charge in [-0.2, -0.15) is 0 Å². The standard InChI is InChI=1S/C12H12BrFN4O/c1-8-6-9(13)10(14)7-11(8)16-12(19)2-4-18-5-3-15-17-18/h3,5-7H,2,4H2,1H3,(H,16,19). The predicted octanol–water partition coefficient (Wildman–Crippen LogP) is 2.52. The fraction of sp³-hybridized carbons (Fsp3) is 0.250. The third-order valence-electron chi connectivity index (χ3n) is 2.58. The minimum absolute atomic E-state index is 0.194. The molecule has 0 radical (unpaired) electrons. The van der Waals surface area contributed by atoms with Crippen molar-refractivity contribution in [2.45, 2.75) is 19.9 Å². The summed E-state index contributed by atoms with van der Waals surface area (Å²) in [5.41, 5.74) is 1.27. The Bertz CT molecular complexity index is 586. The molecule has 1 N–H and O–H groups in total. The molecule has 7 heteroatoms. The monoisotopic (exact) mass is 326 g/mol. The number of benzene rings is 1. The molecular formula is C12H12BrFN4O. The van der Waals surface area contributed by atoms with Crippen LogP contribution in [-0.2, 0) is 11.3 Å². The Labute approximate surface area is 117 Å². The van der Waals surface area contributed by atoms with Crippen molar-refractivity contribution in [3.05, 3.63) is 40.4 Å². The Morgan fingerprint density at radius 2 is 2.32 bits per heavy atom. The summed E-state index contributed by atoms with van der Waals surface area (Å²) in [4.78, 5) is 11.7. The van der Waals surface area contributed by atoms with Crippen LogP contribution in [0.25, 0.3) is 0 Å². The summed E-state index contributed by atoms with van der Waals surface area (Å²) in [6.07, 6.45) is 3.48. The highest BCUT2D eigenvalue weighted by molar-refractivity contribution is 9.10. The molecule has 1 aromatic heterocycles. The molecule has 0 unspecified atom stereocenters. The zero-order valence-electron chi connectivity index (χ0n) is 10.2. The second-order valence-corrected chi connectivity index (χ2v) is 4.90. The summed E-state index contributed by atoms with van der Waals surface area (Å²) in [5.74, 6) is -0.600. The molecule has 1 heterocycles. The van der Waals surface area contributed by atoms with Crippen molar-refractivity contribution in [2.24, 2.45) is 0 Å². The number of carbonyl (C=O) groups excluding carboxylic acids is 1. The van der Waals surface area contributed by atoms with Gasteiger partial charge in [0.2, 0.25) is 5.91 Å². The SMILES string of the molecule is Cc1cc(Br)c(F)cc1NC(=O)CCn1ccnn1. The van der Waals surface area contributed by atoms with Gasteiger partial charge in [-0.3, -0.25) is 9.48 Å². The number of anilines is 1. The number of halogens is 2. The maximum atomic E-state index is 13.4. The zero-order valence-corrected chi connectivity index (χ0v) is 11.8. The fourth-order valence-corrected chi connectivity index (χ4v) is 2.02. The number of hydrogen-bond donors (Lipinski definition) is 1. The van der Waals surface area contributed by atoms with E-state index in [9.17, 15) is 9.18 Å². The molecule has 100 valence electrons. The number of nitrogens with one attached hydrogen (secondary N) is 1. The Morgan fingerprint density at radius 1 is 1.53 bits per heavy atom. The molecule has 0 saturated heterocycles. The van der Waals surface area contributed by atoms with Crippen molar-refractivity contribution in [2.75, 3.05) is 5.32 Å². The van der Waals surface area contributed by atoms with Crippen molar-refractivity contribution in [1.82, 2.24) is 15.0 Å². The highest BCUT2D eigenvalue weighted by Crippen LogP contribution is 2.23. The maximum absolute atomic E-state index is 13.4. The molecule has 0 aliphatic heterocycles. The van der Waals surface area contributed by atoms with Crippen LogP contribution in [-0.4, -0.2) is 20.9 Å². The van der Waals surface area contributed by atoms with Gasteiger partial charge in [0, 0.05) is 18.3 Å². The second-order valence-electron chi connectivity index (χ2n) is 4.05. The van der Waals surface area contributed by atoms with Gasteiger partial charge < -0.3 is 5.32 Å². The number of aryl methyl sites for hydroxylation is 2. The van der Waals surface area contributed by atoms with Crippen LogP contribution in [0.15, 0.2) is 29.0 Å². The van der Waals surface area contributed by atoms with Gasteiger partial charge in [-0.05, 0) is 40.5 Å². The smallest absolute Gasteiger partial charge is 0.226 e. The van der Waals surface area contributed by atoms with Crippen LogP contribution in [0.5, 0.6) is 0 Å². The maximum Gasteiger partial charge on any atom is 0.226 e. The molecule has 19 heavy (non-hydrogen) atoms. The summed E-state index contributed by atoms with van der Waals surface area (Å²) in [6, 6.07) is 2.93. The van der Waals surface area contributed by atoms with Gasteiger partial charge in [0.05, 0.1) is 17.2 Å². The van der Waals surface area contributed by atoms with Crippen molar-refractivity contribution in [1.29, 1.82) is 0 Å². The number of aromatic nitrogens is 3. The minimum Gasteiger partial charge on any atom is -0.326 e. The highest BCUT2D eigenvalue weighted by Gasteiger charge is 2.09. The Kier molecular flexibility index (Phi) is 4.26. The van der Waals surface area contributed by atoms with Gasteiger partial charge in [0.15, 0.2) is 0 Å². The number of hydrogen-bond acceptors (Lipinski definition) is 3. The Hall–Kier alpha value is -1.76. The largest absolute Gasteiger partial charge is 0.326 e. The summed E-state index contributed by atoms with van der Waals surface area (Å²) >= 11 is 3.10. The molecular weight excluding hydrogens is 315 g/mol. The van der Waals surface area contributed by atoms with Gasteiger partial charge in [0.1, 0.15) is 5.82 Å². The first-order valence-corrected chi connectivity index (χ1v) is 6.45. The lowest BCUT2D eigenvalue weighted by Gasteiger charge is -2.09. The second kappa shape index (κ2) is 5.92. The third-order valence-corrected chi connectivity index (χ3v) is 3.19. The lowest BCUT2D eigenvalue weighted by molar-refractivity contribution is -0.116. The molecule has 2 rings (SSSR count). The van der Waals surface area contributed by atoms with Crippen LogP contribution in [0.1, 0.15) is 12.0 Å². The topological polar surface area (TPSA) is 59.8 Å². The molecule has 0 spiro atoms. The van der Waals surface area contributed by atoms with Crippen LogP contribution in [0.2, 0.25) is 0 Å². The predicted molar refractivity (Wildman–Crippen MR) is 72.1 cm³/mol. The van der Waals surface area contributed by atoms with Gasteiger partial charge >= 0.3 is 0 Å². The molecule has 2 aromatic rings. The zero-order chi connectivity index (χ0) is 13.8. The lowest BCUT2D eigenvalue weighted by Crippen LogP contribution is -2.15. The first kappa shape index (κ1) is 13.7. The van der Waals surface area contributed by atoms with Crippen LogP contribution in [0, 0.1) is 12.7 Å². The van der Waals surface area contributed by atoms with Crippen molar-refractivity contribution in [3.8, 4) is 0 Å². The van der Waals surface area contributed by atoms with Crippen molar-refractivity contribution < 1.29 is 9.18 Å².